The van der Waals surface area contributed by atoms with E-state index in [1.807, 2.05) is 0 Å². The predicted octanol–water partition coefficient (Wildman–Crippen LogP) is 1.34. The molecule has 0 aromatic rings. The van der Waals surface area contributed by atoms with Gasteiger partial charge in [0, 0.05) is 0 Å². The molecule has 1 amide bonds. The Morgan fingerprint density at radius 1 is 1.00 bits per heavy atom. The second kappa shape index (κ2) is 3.24. The van der Waals surface area contributed by atoms with Crippen LogP contribution in [0.15, 0.2) is 10.7 Å². The van der Waals surface area contributed by atoms with Crippen LogP contribution in [0.25, 0.3) is 0 Å². The van der Waals surface area contributed by atoms with Crippen molar-refractivity contribution in [1.82, 2.24) is 5.32 Å². The smallest absolute Gasteiger partial charge is 0.265 e. The van der Waals surface area contributed by atoms with Crippen LogP contribution < -0.4 is 5.32 Å². The first-order valence-corrected chi connectivity index (χ1v) is 3.23. The minimum atomic E-state index is -5.13. The molecule has 1 rings (SSSR count). The van der Waals surface area contributed by atoms with Crippen molar-refractivity contribution < 1.29 is 31.1 Å². The second-order valence-electron chi connectivity index (χ2n) is 2.33. The maximum Gasteiger partial charge on any atom is 0.438 e. The Morgan fingerprint density at radius 2 is 1.53 bits per heavy atom. The summed E-state index contributed by atoms with van der Waals surface area (Å²) in [5, 5.41) is 2.19. The lowest BCUT2D eigenvalue weighted by Gasteiger charge is -2.15. The quantitative estimate of drug-likeness (QED) is 0.579. The van der Waals surface area contributed by atoms with Gasteiger partial charge in [-0.25, -0.2) is 10.3 Å². The van der Waals surface area contributed by atoms with Crippen LogP contribution in [-0.4, -0.2) is 24.0 Å². The van der Waals surface area contributed by atoms with Gasteiger partial charge in [0.05, 0.1) is 0 Å². The molecule has 0 aromatic carbocycles. The highest BCUT2D eigenvalue weighted by Gasteiger charge is 2.47. The van der Waals surface area contributed by atoms with E-state index in [1.165, 1.54) is 0 Å². The summed E-state index contributed by atoms with van der Waals surface area (Å²) in [6, 6.07) is 0. The standard InChI is InChI=1S/C6F6N2O/c7-5(8,9)2-1-13-3(4(15)14-2)6(10,11)12. The fourth-order valence-corrected chi connectivity index (χ4v) is 0.648. The van der Waals surface area contributed by atoms with Crippen LogP contribution in [0.1, 0.15) is 0 Å². The molecule has 0 saturated heterocycles. The molecule has 3 nitrogen and oxygen atoms in total. The van der Waals surface area contributed by atoms with Crippen molar-refractivity contribution in [2.24, 2.45) is 4.99 Å². The van der Waals surface area contributed by atoms with Gasteiger partial charge < -0.3 is 0 Å². The Morgan fingerprint density at radius 3 is 1.87 bits per heavy atom. The van der Waals surface area contributed by atoms with E-state index in [4.69, 9.17) is 0 Å². The maximum atomic E-state index is 11.9. The maximum absolute atomic E-state index is 11.9. The number of rotatable bonds is 0. The second-order valence-corrected chi connectivity index (χ2v) is 2.33. The van der Waals surface area contributed by atoms with Gasteiger partial charge in [-0.3, -0.25) is 4.79 Å². The van der Waals surface area contributed by atoms with Gasteiger partial charge in [0.1, 0.15) is 6.20 Å². The third kappa shape index (κ3) is 2.48. The van der Waals surface area contributed by atoms with Gasteiger partial charge in [-0.15, -0.1) is 0 Å². The van der Waals surface area contributed by atoms with Gasteiger partial charge in [-0.2, -0.15) is 26.3 Å². The summed E-state index contributed by atoms with van der Waals surface area (Å²) < 4.78 is 71.1. The Labute approximate surface area is 78.5 Å². The van der Waals surface area contributed by atoms with E-state index in [-0.39, 0.29) is 0 Å². The van der Waals surface area contributed by atoms with Crippen molar-refractivity contribution in [2.45, 2.75) is 12.4 Å². The highest BCUT2D eigenvalue weighted by atomic mass is 19.4. The van der Waals surface area contributed by atoms with Crippen LogP contribution in [0.4, 0.5) is 26.3 Å². The van der Waals surface area contributed by atoms with E-state index >= 15 is 0 Å². The molecule has 0 saturated carbocycles. The van der Waals surface area contributed by atoms with Gasteiger partial charge >= 0.3 is 18.3 Å². The lowest BCUT2D eigenvalue weighted by Crippen LogP contribution is -2.40. The summed E-state index contributed by atoms with van der Waals surface area (Å²) >= 11 is 0. The SMILES string of the molecule is O=C1[N]C(C(F)(F)F)=[C]N=C1C(F)(F)F. The Balaban J connectivity index is 3.05. The molecule has 0 aromatic heterocycles. The predicted molar refractivity (Wildman–Crippen MR) is 33.4 cm³/mol. The number of amides is 1. The highest BCUT2D eigenvalue weighted by molar-refractivity contribution is 6.41. The van der Waals surface area contributed by atoms with E-state index in [2.05, 4.69) is 10.3 Å². The molecule has 9 heteroatoms. The number of carbonyl (C=O) groups is 1. The third-order valence-electron chi connectivity index (χ3n) is 1.23. The topological polar surface area (TPSA) is 43.5 Å². The minimum Gasteiger partial charge on any atom is -0.265 e. The molecule has 0 atom stereocenters. The van der Waals surface area contributed by atoms with Crippen molar-refractivity contribution in [2.75, 3.05) is 0 Å². The van der Waals surface area contributed by atoms with Crippen LogP contribution in [0.2, 0.25) is 0 Å². The fraction of sp³-hybridized carbons (Fsp3) is 0.333. The molecule has 15 heavy (non-hydrogen) atoms. The zero-order chi connectivity index (χ0) is 11.9. The largest absolute Gasteiger partial charge is 0.438 e. The average molecular weight is 230 g/mol. The summed E-state index contributed by atoms with van der Waals surface area (Å²) in [6.45, 7) is 0. The number of nitrogens with zero attached hydrogens (tertiary/aromatic N) is 2. The number of carbonyl (C=O) groups excluding carboxylic acids is 1. The van der Waals surface area contributed by atoms with Crippen LogP contribution in [0, 0.1) is 6.20 Å². The lowest BCUT2D eigenvalue weighted by molar-refractivity contribution is -0.126. The average Bonchev–Trinajstić information content (AvgIpc) is 1.99. The number of hydrogen-bond acceptors (Lipinski definition) is 2. The van der Waals surface area contributed by atoms with E-state index in [0.29, 0.717) is 0 Å². The first-order valence-electron chi connectivity index (χ1n) is 3.23. The highest BCUT2D eigenvalue weighted by Crippen LogP contribution is 2.27. The molecular formula is C6F6N2O. The Kier molecular flexibility index (Phi) is 2.49. The first-order chi connectivity index (χ1) is 6.62. The molecule has 2 radical (unpaired) electrons. The summed E-state index contributed by atoms with van der Waals surface area (Å²) in [5.74, 6) is -2.08. The summed E-state index contributed by atoms with van der Waals surface area (Å²) in [4.78, 5) is 12.8. The molecule has 1 aliphatic heterocycles. The first kappa shape index (κ1) is 11.5. The van der Waals surface area contributed by atoms with Gasteiger partial charge in [0.25, 0.3) is 0 Å². The number of halogens is 6. The molecule has 82 valence electrons. The molecule has 0 aliphatic carbocycles. The van der Waals surface area contributed by atoms with Crippen molar-refractivity contribution in [3.63, 3.8) is 0 Å². The van der Waals surface area contributed by atoms with Crippen molar-refractivity contribution in [3.8, 4) is 0 Å². The van der Waals surface area contributed by atoms with Gasteiger partial charge in [-0.05, 0) is 0 Å². The molecule has 0 spiro atoms. The minimum absolute atomic E-state index is 1.02. The molecule has 1 heterocycles. The van der Waals surface area contributed by atoms with Crippen molar-refractivity contribution in [1.29, 1.82) is 0 Å². The van der Waals surface area contributed by atoms with Crippen LogP contribution >= 0.6 is 0 Å². The Hall–Kier alpha value is -1.54. The normalized spacial score (nSPS) is 18.1. The number of hydrogen-bond donors (Lipinski definition) is 0. The van der Waals surface area contributed by atoms with Gasteiger partial charge in [0.15, 0.2) is 5.70 Å². The molecular weight excluding hydrogens is 230 g/mol. The van der Waals surface area contributed by atoms with Crippen LogP contribution in [0.5, 0.6) is 0 Å². The zero-order valence-electron chi connectivity index (χ0n) is 6.57. The molecule has 1 aliphatic rings. The van der Waals surface area contributed by atoms with E-state index < -0.39 is 29.7 Å². The van der Waals surface area contributed by atoms with Gasteiger partial charge in [0.2, 0.25) is 5.71 Å². The number of aliphatic imine (C=N–C) groups is 1. The molecule has 0 unspecified atom stereocenters. The van der Waals surface area contributed by atoms with Crippen LogP contribution in [-0.2, 0) is 4.79 Å². The summed E-state index contributed by atoms with van der Waals surface area (Å²) in [5.41, 5.74) is -3.89. The fourth-order valence-electron chi connectivity index (χ4n) is 0.648. The molecule has 0 N–H and O–H groups in total. The third-order valence-corrected chi connectivity index (χ3v) is 1.23. The summed E-state index contributed by atoms with van der Waals surface area (Å²) in [6.07, 6.45) is -9.16. The van der Waals surface area contributed by atoms with Crippen LogP contribution in [0.3, 0.4) is 0 Å². The molecule has 0 bridgehead atoms. The number of alkyl halides is 6. The molecule has 0 fully saturated rings. The van der Waals surface area contributed by atoms with Crippen molar-refractivity contribution in [3.05, 3.63) is 11.9 Å². The van der Waals surface area contributed by atoms with E-state index in [1.54, 1.807) is 0 Å². The van der Waals surface area contributed by atoms with E-state index in [0.717, 1.165) is 6.20 Å². The lowest BCUT2D eigenvalue weighted by atomic mass is 10.3. The van der Waals surface area contributed by atoms with E-state index in [9.17, 15) is 31.1 Å². The number of allylic oxidation sites excluding steroid dienone is 1. The van der Waals surface area contributed by atoms with Crippen molar-refractivity contribution >= 4 is 11.6 Å². The van der Waals surface area contributed by atoms with Gasteiger partial charge in [-0.1, -0.05) is 0 Å². The summed E-state index contributed by atoms with van der Waals surface area (Å²) in [7, 11) is 0. The monoisotopic (exact) mass is 230 g/mol. The Bertz CT molecular complexity index is 350. The zero-order valence-corrected chi connectivity index (χ0v) is 6.57.